The maximum absolute atomic E-state index is 14.1. The predicted octanol–water partition coefficient (Wildman–Crippen LogP) is 5.91. The number of hydrogen-bond donors (Lipinski definition) is 2. The van der Waals surface area contributed by atoms with E-state index in [-0.39, 0.29) is 30.0 Å². The minimum Gasteiger partial charge on any atom is -0.481 e. The monoisotopic (exact) mass is 725 g/mol. The van der Waals surface area contributed by atoms with Gasteiger partial charge in [0.15, 0.2) is 11.5 Å². The molecule has 1 atom stereocenters. The van der Waals surface area contributed by atoms with E-state index in [1.165, 1.54) is 6.20 Å². The molecule has 2 N–H and O–H groups in total. The molecule has 6 rings (SSSR count). The van der Waals surface area contributed by atoms with Crippen LogP contribution in [-0.4, -0.2) is 112 Å². The Morgan fingerprint density at radius 3 is 2.54 bits per heavy atom. The first-order valence-corrected chi connectivity index (χ1v) is 17.7. The lowest BCUT2D eigenvalue weighted by molar-refractivity contribution is -0.139. The van der Waals surface area contributed by atoms with E-state index in [9.17, 15) is 18.0 Å². The van der Waals surface area contributed by atoms with E-state index in [4.69, 9.17) is 29.5 Å². The first-order valence-electron chi connectivity index (χ1n) is 17.7. The summed E-state index contributed by atoms with van der Waals surface area (Å²) in [5.74, 6) is -0.106. The molecule has 0 unspecified atom stereocenters. The number of carbonyl (C=O) groups is 1. The summed E-state index contributed by atoms with van der Waals surface area (Å²) in [6, 6.07) is 3.02. The van der Waals surface area contributed by atoms with Gasteiger partial charge in [-0.2, -0.15) is 13.2 Å². The van der Waals surface area contributed by atoms with Gasteiger partial charge in [0, 0.05) is 70.0 Å². The van der Waals surface area contributed by atoms with Crippen LogP contribution in [0.15, 0.2) is 30.7 Å². The molecule has 13 nitrogen and oxygen atoms in total. The van der Waals surface area contributed by atoms with E-state index in [2.05, 4.69) is 36.6 Å². The van der Waals surface area contributed by atoms with Gasteiger partial charge in [-0.25, -0.2) is 24.9 Å². The number of pyridine rings is 2. The number of ether oxygens (including phenoxy) is 2. The molecule has 0 aromatic carbocycles. The number of hydrogen-bond acceptors (Lipinski definition) is 11. The van der Waals surface area contributed by atoms with Crippen molar-refractivity contribution in [3.63, 3.8) is 0 Å². The van der Waals surface area contributed by atoms with Crippen molar-refractivity contribution in [2.75, 3.05) is 69.9 Å². The SMILES string of the molecule is CCOc1ncc(-c2cc(N(C)CC3(COC)CCCC3)c3[nH]c(-c4cnc(N5CCN(CCCC(=O)O)[C@H](C)C5)cn4)nc3n2)cc1C(F)(F)F. The van der Waals surface area contributed by atoms with Crippen molar-refractivity contribution in [3.05, 3.63) is 36.3 Å². The smallest absolute Gasteiger partial charge is 0.421 e. The third-order valence-electron chi connectivity index (χ3n) is 10.1. The van der Waals surface area contributed by atoms with Crippen LogP contribution in [0.5, 0.6) is 5.88 Å². The Labute approximate surface area is 300 Å². The highest BCUT2D eigenvalue weighted by Crippen LogP contribution is 2.42. The highest BCUT2D eigenvalue weighted by atomic mass is 19.4. The number of piperazine rings is 1. The molecule has 2 aliphatic rings. The van der Waals surface area contributed by atoms with Gasteiger partial charge in [0.2, 0.25) is 5.88 Å². The average molecular weight is 726 g/mol. The molecule has 280 valence electrons. The molecule has 0 bridgehead atoms. The lowest BCUT2D eigenvalue weighted by atomic mass is 9.86. The number of methoxy groups -OCH3 is 1. The Balaban J connectivity index is 1.32. The number of halogens is 3. The second-order valence-electron chi connectivity index (χ2n) is 13.9. The van der Waals surface area contributed by atoms with Crippen LogP contribution in [0.1, 0.15) is 57.9 Å². The molecule has 1 saturated carbocycles. The number of rotatable bonds is 14. The zero-order chi connectivity index (χ0) is 37.0. The van der Waals surface area contributed by atoms with Crippen molar-refractivity contribution in [1.29, 1.82) is 0 Å². The molecule has 2 fully saturated rings. The van der Waals surface area contributed by atoms with Crippen LogP contribution in [0.2, 0.25) is 0 Å². The Hall–Kier alpha value is -4.57. The van der Waals surface area contributed by atoms with E-state index in [1.807, 2.05) is 7.05 Å². The van der Waals surface area contributed by atoms with Crippen LogP contribution >= 0.6 is 0 Å². The van der Waals surface area contributed by atoms with Gasteiger partial charge in [-0.1, -0.05) is 12.8 Å². The number of fused-ring (bicyclic) bond motifs is 1. The largest absolute Gasteiger partial charge is 0.481 e. The fourth-order valence-electron chi connectivity index (χ4n) is 7.53. The van der Waals surface area contributed by atoms with Crippen molar-refractivity contribution in [2.45, 2.75) is 64.6 Å². The van der Waals surface area contributed by atoms with Crippen LogP contribution in [0.25, 0.3) is 33.9 Å². The third kappa shape index (κ3) is 8.22. The highest BCUT2D eigenvalue weighted by Gasteiger charge is 2.37. The number of carboxylic acid groups (broad SMARTS) is 1. The number of carboxylic acids is 1. The summed E-state index contributed by atoms with van der Waals surface area (Å²) >= 11 is 0. The lowest BCUT2D eigenvalue weighted by Gasteiger charge is -2.40. The second-order valence-corrected chi connectivity index (χ2v) is 13.9. The molecule has 4 aromatic rings. The van der Waals surface area contributed by atoms with Crippen LogP contribution in [0.3, 0.4) is 0 Å². The van der Waals surface area contributed by atoms with Gasteiger partial charge in [-0.15, -0.1) is 0 Å². The summed E-state index contributed by atoms with van der Waals surface area (Å²) in [4.78, 5) is 43.8. The topological polar surface area (TPSA) is 146 Å². The van der Waals surface area contributed by atoms with E-state index >= 15 is 0 Å². The molecule has 16 heteroatoms. The van der Waals surface area contributed by atoms with Crippen LogP contribution in [0.4, 0.5) is 24.7 Å². The fourth-order valence-corrected chi connectivity index (χ4v) is 7.53. The molecule has 1 saturated heterocycles. The van der Waals surface area contributed by atoms with E-state index in [1.54, 1.807) is 32.5 Å². The number of imidazole rings is 1. The molecule has 5 heterocycles. The maximum Gasteiger partial charge on any atom is 0.421 e. The van der Waals surface area contributed by atoms with Crippen LogP contribution < -0.4 is 14.5 Å². The third-order valence-corrected chi connectivity index (χ3v) is 10.1. The van der Waals surface area contributed by atoms with Gasteiger partial charge in [-0.3, -0.25) is 9.69 Å². The Morgan fingerprint density at radius 2 is 1.88 bits per heavy atom. The molecular formula is C36H46F3N9O4. The predicted molar refractivity (Wildman–Crippen MR) is 190 cm³/mol. The van der Waals surface area contributed by atoms with Crippen molar-refractivity contribution >= 4 is 28.6 Å². The number of aromatic nitrogens is 6. The number of H-pyrrole nitrogens is 1. The van der Waals surface area contributed by atoms with E-state index < -0.39 is 23.6 Å². The van der Waals surface area contributed by atoms with Gasteiger partial charge in [0.25, 0.3) is 0 Å². The first-order chi connectivity index (χ1) is 24.9. The standard InChI is InChI=1S/C36H46F3N9O4/c1-5-52-34-25(36(37,38)39)15-24(17-42-34)26-16-28(46(3)21-35(22-51-4)10-6-7-11-35)31-33(43-26)45-32(44-31)27-18-41-29(19-40-27)48-14-13-47(23(2)20-48)12-8-9-30(49)50/h15-19,23H,5-14,20-22H2,1-4H3,(H,49,50)(H,43,44,45)/t23-/m1/s1. The second kappa shape index (κ2) is 15.6. The van der Waals surface area contributed by atoms with E-state index in [0.29, 0.717) is 47.9 Å². The van der Waals surface area contributed by atoms with Crippen molar-refractivity contribution < 1.29 is 32.5 Å². The average Bonchev–Trinajstić information content (AvgIpc) is 3.76. The minimum atomic E-state index is -4.68. The van der Waals surface area contributed by atoms with Crippen molar-refractivity contribution in [1.82, 2.24) is 34.8 Å². The van der Waals surface area contributed by atoms with Crippen molar-refractivity contribution in [3.8, 4) is 28.7 Å². The molecular weight excluding hydrogens is 679 g/mol. The molecule has 4 aromatic heterocycles. The molecule has 0 amide bonds. The van der Waals surface area contributed by atoms with Gasteiger partial charge >= 0.3 is 12.1 Å². The number of anilines is 2. The number of aliphatic carboxylic acids is 1. The maximum atomic E-state index is 14.1. The number of nitrogens with zero attached hydrogens (tertiary/aromatic N) is 8. The summed E-state index contributed by atoms with van der Waals surface area (Å²) in [7, 11) is 3.67. The number of aromatic amines is 1. The summed E-state index contributed by atoms with van der Waals surface area (Å²) in [5.41, 5.74) is 1.61. The normalized spacial score (nSPS) is 17.9. The molecule has 1 aliphatic carbocycles. The highest BCUT2D eigenvalue weighted by molar-refractivity contribution is 5.91. The van der Waals surface area contributed by atoms with Gasteiger partial charge in [0.1, 0.15) is 22.6 Å². The zero-order valence-electron chi connectivity index (χ0n) is 30.0. The quantitative estimate of drug-likeness (QED) is 0.159. The van der Waals surface area contributed by atoms with E-state index in [0.717, 1.165) is 69.4 Å². The van der Waals surface area contributed by atoms with Gasteiger partial charge < -0.3 is 29.4 Å². The van der Waals surface area contributed by atoms with Crippen LogP contribution in [-0.2, 0) is 15.7 Å². The van der Waals surface area contributed by atoms with Gasteiger partial charge in [0.05, 0.1) is 37.0 Å². The van der Waals surface area contributed by atoms with Gasteiger partial charge in [-0.05, 0) is 51.8 Å². The molecule has 0 spiro atoms. The zero-order valence-corrected chi connectivity index (χ0v) is 30.0. The minimum absolute atomic E-state index is 0.0453. The number of nitrogens with one attached hydrogen (secondary N) is 1. The Bertz CT molecular complexity index is 1850. The fraction of sp³-hybridized carbons (Fsp3) is 0.556. The summed E-state index contributed by atoms with van der Waals surface area (Å²) in [5, 5.41) is 8.98. The summed E-state index contributed by atoms with van der Waals surface area (Å²) in [6.07, 6.45) is 5.03. The molecule has 52 heavy (non-hydrogen) atoms. The summed E-state index contributed by atoms with van der Waals surface area (Å²) < 4.78 is 53.1. The Kier molecular flexibility index (Phi) is 11.1. The molecule has 1 aliphatic heterocycles. The lowest BCUT2D eigenvalue weighted by Crippen LogP contribution is -2.52. The van der Waals surface area contributed by atoms with Crippen molar-refractivity contribution in [2.24, 2.45) is 5.41 Å². The first kappa shape index (κ1) is 37.2. The number of alkyl halides is 3. The van der Waals surface area contributed by atoms with Crippen LogP contribution in [0, 0.1) is 5.41 Å². The Morgan fingerprint density at radius 1 is 1.10 bits per heavy atom. The summed E-state index contributed by atoms with van der Waals surface area (Å²) in [6.45, 7) is 8.04. The molecule has 0 radical (unpaired) electrons.